The highest BCUT2D eigenvalue weighted by Crippen LogP contribution is 2.39. The fourth-order valence-electron chi connectivity index (χ4n) is 3.21. The van der Waals surface area contributed by atoms with Crippen LogP contribution in [0.15, 0.2) is 84.9 Å². The average molecular weight is 385 g/mol. The van der Waals surface area contributed by atoms with Crippen molar-refractivity contribution >= 4 is 5.69 Å². The summed E-state index contributed by atoms with van der Waals surface area (Å²) in [6.07, 6.45) is 0. The Kier molecular flexibility index (Phi) is 5.07. The standard InChI is InChI=1S/C23H19N3O3/c1-25-22(19-10-6-3-7-11-19)23(21(24-25)18-8-4-2-5-9-18)29-16-17-12-14-20(15-13-17)26(27)28/h2-15H,16H2,1H3. The van der Waals surface area contributed by atoms with Gasteiger partial charge in [-0.1, -0.05) is 60.7 Å². The second-order valence-corrected chi connectivity index (χ2v) is 6.59. The topological polar surface area (TPSA) is 70.2 Å². The molecule has 1 aromatic heterocycles. The Hall–Kier alpha value is -3.93. The molecule has 0 aliphatic heterocycles. The number of nitro groups is 1. The number of non-ortho nitro benzene ring substituents is 1. The molecule has 3 aromatic carbocycles. The number of aryl methyl sites for hydroxylation is 1. The minimum Gasteiger partial charge on any atom is -0.484 e. The molecule has 0 saturated heterocycles. The SMILES string of the molecule is Cn1nc(-c2ccccc2)c(OCc2ccc([N+](=O)[O-])cc2)c1-c1ccccc1. The van der Waals surface area contributed by atoms with Crippen molar-refractivity contribution in [2.24, 2.45) is 7.05 Å². The minimum absolute atomic E-state index is 0.0603. The number of ether oxygens (including phenoxy) is 1. The Balaban J connectivity index is 1.72. The van der Waals surface area contributed by atoms with Gasteiger partial charge in [-0.2, -0.15) is 5.10 Å². The van der Waals surface area contributed by atoms with E-state index in [1.165, 1.54) is 12.1 Å². The lowest BCUT2D eigenvalue weighted by atomic mass is 10.1. The molecule has 0 amide bonds. The van der Waals surface area contributed by atoms with Gasteiger partial charge in [0.1, 0.15) is 18.0 Å². The van der Waals surface area contributed by atoms with Crippen molar-refractivity contribution in [2.45, 2.75) is 6.61 Å². The van der Waals surface area contributed by atoms with Crippen molar-refractivity contribution in [3.63, 3.8) is 0 Å². The van der Waals surface area contributed by atoms with Gasteiger partial charge in [-0.3, -0.25) is 14.8 Å². The number of nitro benzene ring substituents is 1. The predicted molar refractivity (Wildman–Crippen MR) is 112 cm³/mol. The third-order valence-electron chi connectivity index (χ3n) is 4.63. The summed E-state index contributed by atoms with van der Waals surface area (Å²) in [6, 6.07) is 26.2. The molecule has 0 spiro atoms. The number of hydrogen-bond donors (Lipinski definition) is 0. The summed E-state index contributed by atoms with van der Waals surface area (Å²) in [5.74, 6) is 0.684. The van der Waals surface area contributed by atoms with Gasteiger partial charge in [0.15, 0.2) is 5.75 Å². The molecule has 6 heteroatoms. The number of hydrogen-bond acceptors (Lipinski definition) is 4. The van der Waals surface area contributed by atoms with Crippen LogP contribution in [0.4, 0.5) is 5.69 Å². The first kappa shape index (κ1) is 18.4. The largest absolute Gasteiger partial charge is 0.484 e. The zero-order valence-electron chi connectivity index (χ0n) is 15.9. The zero-order chi connectivity index (χ0) is 20.2. The van der Waals surface area contributed by atoms with Crippen LogP contribution in [0.3, 0.4) is 0 Å². The van der Waals surface area contributed by atoms with Gasteiger partial charge in [-0.15, -0.1) is 0 Å². The van der Waals surface area contributed by atoms with Gasteiger partial charge < -0.3 is 4.74 Å². The Bertz CT molecular complexity index is 1120. The molecule has 1 heterocycles. The van der Waals surface area contributed by atoms with Gasteiger partial charge in [0, 0.05) is 30.3 Å². The molecule has 0 fully saturated rings. The molecule has 4 rings (SSSR count). The molecule has 144 valence electrons. The maximum Gasteiger partial charge on any atom is 0.269 e. The fraction of sp³-hybridized carbons (Fsp3) is 0.0870. The molecule has 0 bridgehead atoms. The van der Waals surface area contributed by atoms with Crippen molar-refractivity contribution < 1.29 is 9.66 Å². The Morgan fingerprint density at radius 3 is 2.07 bits per heavy atom. The lowest BCUT2D eigenvalue weighted by Gasteiger charge is -2.10. The summed E-state index contributed by atoms with van der Waals surface area (Å²) in [6.45, 7) is 0.281. The molecule has 0 saturated carbocycles. The van der Waals surface area contributed by atoms with Crippen molar-refractivity contribution in [1.82, 2.24) is 9.78 Å². The first-order valence-corrected chi connectivity index (χ1v) is 9.17. The maximum atomic E-state index is 10.9. The zero-order valence-corrected chi connectivity index (χ0v) is 15.9. The smallest absolute Gasteiger partial charge is 0.269 e. The van der Waals surface area contributed by atoms with Crippen molar-refractivity contribution in [2.75, 3.05) is 0 Å². The highest BCUT2D eigenvalue weighted by Gasteiger charge is 2.20. The van der Waals surface area contributed by atoms with Crippen LogP contribution >= 0.6 is 0 Å². The third-order valence-corrected chi connectivity index (χ3v) is 4.63. The number of rotatable bonds is 6. The van der Waals surface area contributed by atoms with Crippen LogP contribution in [0.25, 0.3) is 22.5 Å². The Morgan fingerprint density at radius 2 is 1.48 bits per heavy atom. The van der Waals surface area contributed by atoms with Crippen LogP contribution in [0, 0.1) is 10.1 Å². The van der Waals surface area contributed by atoms with Crippen LogP contribution in [0.5, 0.6) is 5.75 Å². The van der Waals surface area contributed by atoms with Crippen LogP contribution in [0.1, 0.15) is 5.56 Å². The number of benzene rings is 3. The second kappa shape index (κ2) is 7.98. The van der Waals surface area contributed by atoms with Gasteiger partial charge in [0.25, 0.3) is 5.69 Å². The number of aromatic nitrogens is 2. The first-order chi connectivity index (χ1) is 14.1. The average Bonchev–Trinajstić information content (AvgIpc) is 3.10. The van der Waals surface area contributed by atoms with Gasteiger partial charge in [0.05, 0.1) is 4.92 Å². The normalized spacial score (nSPS) is 10.7. The Morgan fingerprint density at radius 1 is 0.897 bits per heavy atom. The third kappa shape index (κ3) is 3.87. The highest BCUT2D eigenvalue weighted by molar-refractivity contribution is 5.78. The van der Waals surface area contributed by atoms with E-state index in [0.717, 1.165) is 28.1 Å². The van der Waals surface area contributed by atoms with Crippen molar-refractivity contribution in [1.29, 1.82) is 0 Å². The second-order valence-electron chi connectivity index (χ2n) is 6.59. The molecule has 4 aromatic rings. The summed E-state index contributed by atoms with van der Waals surface area (Å²) in [4.78, 5) is 10.5. The van der Waals surface area contributed by atoms with Gasteiger partial charge in [-0.25, -0.2) is 0 Å². The van der Waals surface area contributed by atoms with E-state index in [2.05, 4.69) is 0 Å². The van der Waals surface area contributed by atoms with Gasteiger partial charge in [-0.05, 0) is 17.7 Å². The molecule has 0 atom stereocenters. The van der Waals surface area contributed by atoms with Crippen LogP contribution < -0.4 is 4.74 Å². The quantitative estimate of drug-likeness (QED) is 0.336. The highest BCUT2D eigenvalue weighted by atomic mass is 16.6. The van der Waals surface area contributed by atoms with Gasteiger partial charge >= 0.3 is 0 Å². The molecule has 0 aliphatic rings. The van der Waals surface area contributed by atoms with Crippen LogP contribution in [-0.4, -0.2) is 14.7 Å². The van der Waals surface area contributed by atoms with E-state index >= 15 is 0 Å². The molecule has 0 N–H and O–H groups in total. The van der Waals surface area contributed by atoms with Crippen molar-refractivity contribution in [3.05, 3.63) is 101 Å². The maximum absolute atomic E-state index is 10.9. The molecule has 0 radical (unpaired) electrons. The molecule has 0 aliphatic carbocycles. The van der Waals surface area contributed by atoms with E-state index < -0.39 is 4.92 Å². The Labute approximate surface area is 168 Å². The van der Waals surface area contributed by atoms with E-state index in [1.807, 2.05) is 72.4 Å². The summed E-state index contributed by atoms with van der Waals surface area (Å²) >= 11 is 0. The molecule has 29 heavy (non-hydrogen) atoms. The molecular formula is C23H19N3O3. The van der Waals surface area contributed by atoms with Crippen molar-refractivity contribution in [3.8, 4) is 28.3 Å². The van der Waals surface area contributed by atoms with E-state index in [1.54, 1.807) is 12.1 Å². The van der Waals surface area contributed by atoms with Crippen LogP contribution in [0.2, 0.25) is 0 Å². The predicted octanol–water partition coefficient (Wildman–Crippen LogP) is 5.24. The van der Waals surface area contributed by atoms with Gasteiger partial charge in [0.2, 0.25) is 0 Å². The minimum atomic E-state index is -0.410. The lowest BCUT2D eigenvalue weighted by molar-refractivity contribution is -0.384. The van der Waals surface area contributed by atoms with E-state index in [0.29, 0.717) is 5.75 Å². The first-order valence-electron chi connectivity index (χ1n) is 9.17. The lowest BCUT2D eigenvalue weighted by Crippen LogP contribution is -1.99. The van der Waals surface area contributed by atoms with E-state index in [-0.39, 0.29) is 12.3 Å². The summed E-state index contributed by atoms with van der Waals surface area (Å²) in [5.41, 5.74) is 4.51. The summed E-state index contributed by atoms with van der Waals surface area (Å²) < 4.78 is 8.05. The molecule has 6 nitrogen and oxygen atoms in total. The van der Waals surface area contributed by atoms with E-state index in [4.69, 9.17) is 9.84 Å². The molecule has 0 unspecified atom stereocenters. The monoisotopic (exact) mass is 385 g/mol. The summed E-state index contributed by atoms with van der Waals surface area (Å²) in [7, 11) is 1.90. The summed E-state index contributed by atoms with van der Waals surface area (Å²) in [5, 5.41) is 15.6. The fourth-order valence-corrected chi connectivity index (χ4v) is 3.21. The van der Waals surface area contributed by atoms with E-state index in [9.17, 15) is 10.1 Å². The van der Waals surface area contributed by atoms with Crippen LogP contribution in [-0.2, 0) is 13.7 Å². The number of nitrogens with zero attached hydrogens (tertiary/aromatic N) is 3. The molecular weight excluding hydrogens is 366 g/mol.